The predicted molar refractivity (Wildman–Crippen MR) is 69.8 cm³/mol. The van der Waals surface area contributed by atoms with Crippen LogP contribution in [0.3, 0.4) is 0 Å². The molecule has 1 amide bonds. The van der Waals surface area contributed by atoms with Crippen molar-refractivity contribution in [2.24, 2.45) is 5.41 Å². The summed E-state index contributed by atoms with van der Waals surface area (Å²) in [5.41, 5.74) is 1.53. The number of carbonyl (C=O) groups excluding carboxylic acids is 1. The first-order valence-corrected chi connectivity index (χ1v) is 6.40. The molecule has 1 saturated carbocycles. The van der Waals surface area contributed by atoms with Gasteiger partial charge in [-0.05, 0) is 26.7 Å². The van der Waals surface area contributed by atoms with Gasteiger partial charge in [0.15, 0.2) is 0 Å². The van der Waals surface area contributed by atoms with E-state index >= 15 is 0 Å². The molecular formula is C13H19N3O3. The van der Waals surface area contributed by atoms with Gasteiger partial charge < -0.3 is 15.4 Å². The lowest BCUT2D eigenvalue weighted by Gasteiger charge is -2.13. The van der Waals surface area contributed by atoms with Gasteiger partial charge in [-0.1, -0.05) is 0 Å². The van der Waals surface area contributed by atoms with Gasteiger partial charge in [-0.2, -0.15) is 4.98 Å². The highest BCUT2D eigenvalue weighted by molar-refractivity contribution is 5.79. The van der Waals surface area contributed by atoms with E-state index in [0.717, 1.165) is 18.4 Å². The van der Waals surface area contributed by atoms with Crippen LogP contribution in [0.5, 0.6) is 0 Å². The van der Waals surface area contributed by atoms with Crippen molar-refractivity contribution in [3.8, 4) is 0 Å². The molecule has 0 atom stereocenters. The number of nitrogens with zero attached hydrogens (tertiary/aromatic N) is 1. The molecule has 0 aliphatic heterocycles. The molecule has 1 fully saturated rings. The van der Waals surface area contributed by atoms with Crippen LogP contribution >= 0.6 is 0 Å². The average molecular weight is 265 g/mol. The van der Waals surface area contributed by atoms with Crippen LogP contribution in [0.4, 0.5) is 0 Å². The maximum atomic E-state index is 11.9. The molecule has 0 radical (unpaired) electrons. The third-order valence-electron chi connectivity index (χ3n) is 3.74. The zero-order chi connectivity index (χ0) is 14.0. The van der Waals surface area contributed by atoms with Gasteiger partial charge in [0.1, 0.15) is 0 Å². The molecule has 6 heteroatoms. The highest BCUT2D eigenvalue weighted by Gasteiger charge is 2.42. The van der Waals surface area contributed by atoms with Gasteiger partial charge in [0.2, 0.25) is 5.91 Å². The summed E-state index contributed by atoms with van der Waals surface area (Å²) in [5.74, 6) is -0.111. The first-order chi connectivity index (χ1) is 8.96. The normalized spacial score (nSPS) is 16.2. The molecule has 0 unspecified atom stereocenters. The summed E-state index contributed by atoms with van der Waals surface area (Å²) in [7, 11) is 0. The monoisotopic (exact) mass is 265 g/mol. The Morgan fingerprint density at radius 1 is 1.47 bits per heavy atom. The van der Waals surface area contributed by atoms with Crippen LogP contribution in [0.2, 0.25) is 0 Å². The van der Waals surface area contributed by atoms with Crippen LogP contribution in [-0.2, 0) is 11.2 Å². The number of carbonyl (C=O) groups is 1. The second-order valence-corrected chi connectivity index (χ2v) is 5.34. The Kier molecular flexibility index (Phi) is 3.71. The fourth-order valence-electron chi connectivity index (χ4n) is 2.09. The minimum Gasteiger partial charge on any atom is -0.396 e. The highest BCUT2D eigenvalue weighted by atomic mass is 16.3. The molecule has 1 heterocycles. The summed E-state index contributed by atoms with van der Waals surface area (Å²) in [6.07, 6.45) is 2.12. The highest BCUT2D eigenvalue weighted by Crippen LogP contribution is 2.44. The van der Waals surface area contributed by atoms with E-state index < -0.39 is 5.69 Å². The lowest BCUT2D eigenvalue weighted by atomic mass is 10.1. The number of H-pyrrole nitrogens is 1. The molecule has 104 valence electrons. The van der Waals surface area contributed by atoms with Gasteiger partial charge in [0, 0.05) is 28.9 Å². The molecule has 1 aromatic rings. The minimum absolute atomic E-state index is 0.0942. The Bertz CT molecular complexity index is 520. The maximum absolute atomic E-state index is 11.9. The summed E-state index contributed by atoms with van der Waals surface area (Å²) in [5, 5.41) is 12.0. The largest absolute Gasteiger partial charge is 0.396 e. The number of aliphatic hydroxyl groups excluding tert-OH is 1. The molecule has 3 N–H and O–H groups in total. The minimum atomic E-state index is -0.392. The summed E-state index contributed by atoms with van der Waals surface area (Å²) in [6, 6.07) is 0. The lowest BCUT2D eigenvalue weighted by molar-refractivity contribution is -0.120. The van der Waals surface area contributed by atoms with E-state index in [4.69, 9.17) is 0 Å². The standard InChI is InChI=1S/C13H19N3O3/c1-8-10(9(2)16-12(19)15-8)5-11(18)14-6-13(7-17)3-4-13/h17H,3-7H2,1-2H3,(H,14,18)(H,15,16,19). The Hall–Kier alpha value is -1.69. The van der Waals surface area contributed by atoms with Crippen molar-refractivity contribution in [1.29, 1.82) is 0 Å². The Morgan fingerprint density at radius 2 is 2.16 bits per heavy atom. The van der Waals surface area contributed by atoms with Crippen molar-refractivity contribution >= 4 is 5.91 Å². The lowest BCUT2D eigenvalue weighted by Crippen LogP contribution is -2.33. The molecule has 19 heavy (non-hydrogen) atoms. The van der Waals surface area contributed by atoms with E-state index in [9.17, 15) is 14.7 Å². The smallest absolute Gasteiger partial charge is 0.345 e. The third kappa shape index (κ3) is 3.20. The number of nitrogens with one attached hydrogen (secondary N) is 2. The van der Waals surface area contributed by atoms with Crippen molar-refractivity contribution in [3.63, 3.8) is 0 Å². The number of aliphatic hydroxyl groups is 1. The third-order valence-corrected chi connectivity index (χ3v) is 3.74. The Labute approximate surface area is 111 Å². The van der Waals surface area contributed by atoms with Gasteiger partial charge in [-0.25, -0.2) is 4.79 Å². The number of hydrogen-bond donors (Lipinski definition) is 3. The predicted octanol–water partition coefficient (Wildman–Crippen LogP) is -0.182. The molecular weight excluding hydrogens is 246 g/mol. The van der Waals surface area contributed by atoms with Gasteiger partial charge in [0.05, 0.1) is 13.0 Å². The van der Waals surface area contributed by atoms with Crippen molar-refractivity contribution in [2.75, 3.05) is 13.2 Å². The van der Waals surface area contributed by atoms with E-state index in [1.165, 1.54) is 0 Å². The molecule has 1 aliphatic rings. The fourth-order valence-corrected chi connectivity index (χ4v) is 2.09. The first kappa shape index (κ1) is 13.7. The summed E-state index contributed by atoms with van der Waals surface area (Å²) in [6.45, 7) is 4.11. The molecule has 0 spiro atoms. The SMILES string of the molecule is Cc1nc(=O)[nH]c(C)c1CC(=O)NCC1(CO)CC1. The topological polar surface area (TPSA) is 95.1 Å². The Balaban J connectivity index is 1.97. The molecule has 0 bridgehead atoms. The number of aromatic amines is 1. The zero-order valence-corrected chi connectivity index (χ0v) is 11.2. The number of amides is 1. The second kappa shape index (κ2) is 5.13. The zero-order valence-electron chi connectivity index (χ0n) is 11.2. The number of aryl methyl sites for hydroxylation is 2. The van der Waals surface area contributed by atoms with E-state index in [-0.39, 0.29) is 24.3 Å². The Morgan fingerprint density at radius 3 is 2.68 bits per heavy atom. The van der Waals surface area contributed by atoms with Gasteiger partial charge in [-0.3, -0.25) is 4.79 Å². The summed E-state index contributed by atoms with van der Waals surface area (Å²) < 4.78 is 0. The quantitative estimate of drug-likeness (QED) is 0.688. The van der Waals surface area contributed by atoms with E-state index in [1.54, 1.807) is 13.8 Å². The van der Waals surface area contributed by atoms with E-state index in [2.05, 4.69) is 15.3 Å². The number of aromatic nitrogens is 2. The summed E-state index contributed by atoms with van der Waals surface area (Å²) >= 11 is 0. The van der Waals surface area contributed by atoms with Gasteiger partial charge in [-0.15, -0.1) is 0 Å². The molecule has 1 aliphatic carbocycles. The van der Waals surface area contributed by atoms with Crippen LogP contribution < -0.4 is 11.0 Å². The second-order valence-electron chi connectivity index (χ2n) is 5.34. The molecule has 2 rings (SSSR count). The molecule has 6 nitrogen and oxygen atoms in total. The van der Waals surface area contributed by atoms with Crippen molar-refractivity contribution in [3.05, 3.63) is 27.4 Å². The molecule has 0 aromatic carbocycles. The molecule has 0 saturated heterocycles. The van der Waals surface area contributed by atoms with Crippen LogP contribution in [0.1, 0.15) is 29.8 Å². The maximum Gasteiger partial charge on any atom is 0.345 e. The first-order valence-electron chi connectivity index (χ1n) is 6.40. The van der Waals surface area contributed by atoms with Crippen LogP contribution in [0, 0.1) is 19.3 Å². The van der Waals surface area contributed by atoms with Crippen molar-refractivity contribution in [2.45, 2.75) is 33.1 Å². The average Bonchev–Trinajstić information content (AvgIpc) is 3.12. The fraction of sp³-hybridized carbons (Fsp3) is 0.615. The number of hydrogen-bond acceptors (Lipinski definition) is 4. The van der Waals surface area contributed by atoms with Crippen molar-refractivity contribution in [1.82, 2.24) is 15.3 Å². The van der Waals surface area contributed by atoms with E-state index in [0.29, 0.717) is 17.9 Å². The number of rotatable bonds is 5. The molecule has 1 aromatic heterocycles. The van der Waals surface area contributed by atoms with Crippen molar-refractivity contribution < 1.29 is 9.90 Å². The summed E-state index contributed by atoms with van der Waals surface area (Å²) in [4.78, 5) is 29.4. The van der Waals surface area contributed by atoms with Crippen LogP contribution in [-0.4, -0.2) is 34.1 Å². The van der Waals surface area contributed by atoms with Crippen LogP contribution in [0.25, 0.3) is 0 Å². The van der Waals surface area contributed by atoms with Crippen LogP contribution in [0.15, 0.2) is 4.79 Å². The van der Waals surface area contributed by atoms with Gasteiger partial charge >= 0.3 is 5.69 Å². The van der Waals surface area contributed by atoms with Gasteiger partial charge in [0.25, 0.3) is 0 Å². The van der Waals surface area contributed by atoms with E-state index in [1.807, 2.05) is 0 Å².